The number of likely N-dealkylation sites (tertiary alicyclic amines) is 1. The summed E-state index contributed by atoms with van der Waals surface area (Å²) in [5, 5.41) is 8.24. The van der Waals surface area contributed by atoms with Gasteiger partial charge in [0.25, 0.3) is 0 Å². The number of rotatable bonds is 4. The van der Waals surface area contributed by atoms with Crippen LogP contribution in [-0.4, -0.2) is 42.7 Å². The Balaban J connectivity index is 1.54. The Morgan fingerprint density at radius 3 is 2.41 bits per heavy atom. The first-order valence-electron chi connectivity index (χ1n) is 8.00. The van der Waals surface area contributed by atoms with E-state index in [-0.39, 0.29) is 0 Å². The Labute approximate surface area is 131 Å². The average Bonchev–Trinajstić information content (AvgIpc) is 2.95. The maximum Gasteiger partial charge on any atom is 0.135 e. The lowest BCUT2D eigenvalue weighted by atomic mass is 9.96. The van der Waals surface area contributed by atoms with E-state index < -0.39 is 0 Å². The second kappa shape index (κ2) is 6.52. The van der Waals surface area contributed by atoms with Crippen molar-refractivity contribution in [2.75, 3.05) is 13.1 Å². The number of aromatic nitrogens is 5. The molecule has 0 unspecified atom stereocenters. The summed E-state index contributed by atoms with van der Waals surface area (Å²) in [4.78, 5) is 11.4. The lowest BCUT2D eigenvalue weighted by Gasteiger charge is -2.31. The van der Waals surface area contributed by atoms with Crippen molar-refractivity contribution < 1.29 is 0 Å². The second-order valence-electron chi connectivity index (χ2n) is 6.45. The number of piperidine rings is 1. The molecule has 0 spiro atoms. The largest absolute Gasteiger partial charge is 0.320 e. The highest BCUT2D eigenvalue weighted by Gasteiger charge is 2.23. The molecule has 2 aromatic rings. The minimum Gasteiger partial charge on any atom is -0.320 e. The summed E-state index contributed by atoms with van der Waals surface area (Å²) in [6.45, 7) is 7.34. The van der Waals surface area contributed by atoms with Crippen molar-refractivity contribution in [3.8, 4) is 0 Å². The quantitative estimate of drug-likeness (QED) is 0.865. The molecule has 1 aliphatic heterocycles. The first kappa shape index (κ1) is 15.1. The van der Waals surface area contributed by atoms with E-state index in [1.165, 1.54) is 5.56 Å². The molecule has 0 atom stereocenters. The zero-order valence-electron chi connectivity index (χ0n) is 13.6. The molecule has 22 heavy (non-hydrogen) atoms. The zero-order valence-corrected chi connectivity index (χ0v) is 13.6. The van der Waals surface area contributed by atoms with Crippen LogP contribution >= 0.6 is 0 Å². The van der Waals surface area contributed by atoms with E-state index in [1.807, 2.05) is 24.0 Å². The molecule has 0 aliphatic carbocycles. The third-order valence-corrected chi connectivity index (χ3v) is 4.35. The van der Waals surface area contributed by atoms with Crippen molar-refractivity contribution in [2.24, 2.45) is 7.05 Å². The minimum atomic E-state index is 0.385. The molecule has 0 amide bonds. The van der Waals surface area contributed by atoms with Gasteiger partial charge in [0.2, 0.25) is 0 Å². The summed E-state index contributed by atoms with van der Waals surface area (Å²) >= 11 is 0. The molecule has 2 aromatic heterocycles. The molecule has 3 rings (SSSR count). The number of hydrogen-bond donors (Lipinski definition) is 0. The molecule has 0 N–H and O–H groups in total. The highest BCUT2D eigenvalue weighted by molar-refractivity contribution is 5.07. The SMILES string of the molecule is CC(C)c1ncc(CN2CCC(c3nncn3C)CC2)cn1. The zero-order chi connectivity index (χ0) is 15.5. The van der Waals surface area contributed by atoms with Gasteiger partial charge in [-0.2, -0.15) is 0 Å². The van der Waals surface area contributed by atoms with Crippen molar-refractivity contribution in [2.45, 2.75) is 45.1 Å². The Morgan fingerprint density at radius 2 is 1.86 bits per heavy atom. The third kappa shape index (κ3) is 3.32. The van der Waals surface area contributed by atoms with Crippen LogP contribution in [-0.2, 0) is 13.6 Å². The molecular formula is C16H24N6. The molecule has 0 radical (unpaired) electrons. The van der Waals surface area contributed by atoms with Crippen LogP contribution in [0.15, 0.2) is 18.7 Å². The van der Waals surface area contributed by atoms with Gasteiger partial charge in [-0.3, -0.25) is 4.90 Å². The topological polar surface area (TPSA) is 59.7 Å². The molecular weight excluding hydrogens is 276 g/mol. The van der Waals surface area contributed by atoms with E-state index >= 15 is 0 Å². The van der Waals surface area contributed by atoms with Crippen LogP contribution in [0, 0.1) is 0 Å². The van der Waals surface area contributed by atoms with Crippen LogP contribution in [0.3, 0.4) is 0 Å². The van der Waals surface area contributed by atoms with Crippen LogP contribution in [0.25, 0.3) is 0 Å². The average molecular weight is 300 g/mol. The van der Waals surface area contributed by atoms with Gasteiger partial charge in [-0.25, -0.2) is 9.97 Å². The summed E-state index contributed by atoms with van der Waals surface area (Å²) in [6, 6.07) is 0. The third-order valence-electron chi connectivity index (χ3n) is 4.35. The minimum absolute atomic E-state index is 0.385. The fourth-order valence-corrected chi connectivity index (χ4v) is 3.01. The van der Waals surface area contributed by atoms with Crippen molar-refractivity contribution >= 4 is 0 Å². The van der Waals surface area contributed by atoms with E-state index in [4.69, 9.17) is 0 Å². The monoisotopic (exact) mass is 300 g/mol. The molecule has 1 aliphatic rings. The van der Waals surface area contributed by atoms with E-state index in [0.29, 0.717) is 11.8 Å². The van der Waals surface area contributed by atoms with Gasteiger partial charge in [0.15, 0.2) is 0 Å². The van der Waals surface area contributed by atoms with Crippen LogP contribution < -0.4 is 0 Å². The molecule has 6 heteroatoms. The summed E-state index contributed by atoms with van der Waals surface area (Å²) in [6.07, 6.45) is 8.00. The predicted molar refractivity (Wildman–Crippen MR) is 84.4 cm³/mol. The highest BCUT2D eigenvalue weighted by atomic mass is 15.3. The molecule has 0 aromatic carbocycles. The summed E-state index contributed by atoms with van der Waals surface area (Å²) in [5.74, 6) is 2.95. The second-order valence-corrected chi connectivity index (χ2v) is 6.45. The smallest absolute Gasteiger partial charge is 0.135 e. The number of aryl methyl sites for hydroxylation is 1. The first-order valence-corrected chi connectivity index (χ1v) is 8.00. The number of hydrogen-bond acceptors (Lipinski definition) is 5. The standard InChI is InChI=1S/C16H24N6/c1-12(2)15-17-8-13(9-18-15)10-22-6-4-14(5-7-22)16-20-19-11-21(16)3/h8-9,11-12,14H,4-7,10H2,1-3H3. The molecule has 0 saturated carbocycles. The van der Waals surface area contributed by atoms with Gasteiger partial charge in [0.1, 0.15) is 18.0 Å². The molecule has 6 nitrogen and oxygen atoms in total. The van der Waals surface area contributed by atoms with Gasteiger partial charge < -0.3 is 4.57 Å². The van der Waals surface area contributed by atoms with Gasteiger partial charge in [0.05, 0.1) is 0 Å². The van der Waals surface area contributed by atoms with E-state index in [2.05, 4.69) is 38.9 Å². The van der Waals surface area contributed by atoms with Crippen molar-refractivity contribution in [1.82, 2.24) is 29.6 Å². The van der Waals surface area contributed by atoms with Crippen LogP contribution in [0.4, 0.5) is 0 Å². The summed E-state index contributed by atoms with van der Waals surface area (Å²) in [5.41, 5.74) is 1.20. The summed E-state index contributed by atoms with van der Waals surface area (Å²) in [7, 11) is 2.02. The van der Waals surface area contributed by atoms with Crippen molar-refractivity contribution in [3.63, 3.8) is 0 Å². The Hall–Kier alpha value is -1.82. The highest BCUT2D eigenvalue weighted by Crippen LogP contribution is 2.26. The fraction of sp³-hybridized carbons (Fsp3) is 0.625. The molecule has 118 valence electrons. The predicted octanol–water partition coefficient (Wildman–Crippen LogP) is 2.11. The van der Waals surface area contributed by atoms with Gasteiger partial charge in [-0.15, -0.1) is 10.2 Å². The van der Waals surface area contributed by atoms with Crippen LogP contribution in [0.5, 0.6) is 0 Å². The van der Waals surface area contributed by atoms with Crippen molar-refractivity contribution in [1.29, 1.82) is 0 Å². The normalized spacial score (nSPS) is 17.3. The number of nitrogens with zero attached hydrogens (tertiary/aromatic N) is 6. The molecule has 0 bridgehead atoms. The lowest BCUT2D eigenvalue weighted by Crippen LogP contribution is -2.33. The van der Waals surface area contributed by atoms with Gasteiger partial charge in [-0.1, -0.05) is 13.8 Å². The molecule has 1 saturated heterocycles. The fourth-order valence-electron chi connectivity index (χ4n) is 3.01. The van der Waals surface area contributed by atoms with Gasteiger partial charge >= 0.3 is 0 Å². The lowest BCUT2D eigenvalue weighted by molar-refractivity contribution is 0.200. The van der Waals surface area contributed by atoms with E-state index in [9.17, 15) is 0 Å². The Bertz CT molecular complexity index is 595. The summed E-state index contributed by atoms with van der Waals surface area (Å²) < 4.78 is 2.04. The van der Waals surface area contributed by atoms with Gasteiger partial charge in [0, 0.05) is 43.4 Å². The van der Waals surface area contributed by atoms with Crippen molar-refractivity contribution in [3.05, 3.63) is 35.9 Å². The maximum absolute atomic E-state index is 4.45. The first-order chi connectivity index (χ1) is 10.6. The van der Waals surface area contributed by atoms with E-state index in [0.717, 1.165) is 44.1 Å². The molecule has 1 fully saturated rings. The maximum atomic E-state index is 4.45. The Morgan fingerprint density at radius 1 is 1.18 bits per heavy atom. The van der Waals surface area contributed by atoms with E-state index in [1.54, 1.807) is 6.33 Å². The van der Waals surface area contributed by atoms with Crippen LogP contribution in [0.1, 0.15) is 55.7 Å². The van der Waals surface area contributed by atoms with Crippen LogP contribution in [0.2, 0.25) is 0 Å². The van der Waals surface area contributed by atoms with Gasteiger partial charge in [-0.05, 0) is 25.9 Å². The molecule has 3 heterocycles. The Kier molecular flexibility index (Phi) is 4.47.